The molecule has 0 amide bonds. The fourth-order valence-corrected chi connectivity index (χ4v) is 2.26. The first-order valence-corrected chi connectivity index (χ1v) is 7.31. The van der Waals surface area contributed by atoms with Gasteiger partial charge >= 0.3 is 11.9 Å². The predicted octanol–water partition coefficient (Wildman–Crippen LogP) is 3.21. The second-order valence-electron chi connectivity index (χ2n) is 4.97. The number of methoxy groups -OCH3 is 2. The molecule has 0 unspecified atom stereocenters. The third-order valence-corrected chi connectivity index (χ3v) is 3.50. The zero-order valence-electron chi connectivity index (χ0n) is 13.3. The average Bonchev–Trinajstić information content (AvgIpc) is 2.80. The van der Waals surface area contributed by atoms with Crippen molar-refractivity contribution in [2.45, 2.75) is 52.4 Å². The maximum Gasteiger partial charge on any atom is 0.341 e. The summed E-state index contributed by atoms with van der Waals surface area (Å²) in [5.41, 5.74) is 1.27. The summed E-state index contributed by atoms with van der Waals surface area (Å²) in [4.78, 5) is 23.2. The van der Waals surface area contributed by atoms with Gasteiger partial charge in [0.15, 0.2) is 0 Å². The molecule has 21 heavy (non-hydrogen) atoms. The zero-order valence-corrected chi connectivity index (χ0v) is 13.3. The van der Waals surface area contributed by atoms with E-state index in [9.17, 15) is 9.59 Å². The highest BCUT2D eigenvalue weighted by atomic mass is 16.5. The molecule has 5 heteroatoms. The number of hydrogen-bond acceptors (Lipinski definition) is 5. The smallest absolute Gasteiger partial charge is 0.341 e. The first-order chi connectivity index (χ1) is 10.0. The normalized spacial score (nSPS) is 10.5. The van der Waals surface area contributed by atoms with E-state index in [0.29, 0.717) is 17.7 Å². The summed E-state index contributed by atoms with van der Waals surface area (Å²) in [7, 11) is 2.68. The van der Waals surface area contributed by atoms with Crippen molar-refractivity contribution in [3.8, 4) is 0 Å². The van der Waals surface area contributed by atoms with E-state index >= 15 is 0 Å². The van der Waals surface area contributed by atoms with Crippen LogP contribution in [0.3, 0.4) is 0 Å². The van der Waals surface area contributed by atoms with Crippen molar-refractivity contribution in [2.75, 3.05) is 14.2 Å². The van der Waals surface area contributed by atoms with E-state index in [2.05, 4.69) is 11.7 Å². The number of carbonyl (C=O) groups excluding carboxylic acids is 2. The van der Waals surface area contributed by atoms with Gasteiger partial charge in [-0.15, -0.1) is 0 Å². The van der Waals surface area contributed by atoms with Gasteiger partial charge in [-0.3, -0.25) is 4.79 Å². The minimum Gasteiger partial charge on any atom is -0.469 e. The number of aryl methyl sites for hydroxylation is 2. The molecule has 0 aromatic carbocycles. The van der Waals surface area contributed by atoms with Gasteiger partial charge in [-0.05, 0) is 13.3 Å². The first-order valence-electron chi connectivity index (χ1n) is 7.31. The molecule has 0 bridgehead atoms. The Balaban J connectivity index is 2.94. The van der Waals surface area contributed by atoms with Crippen molar-refractivity contribution in [3.05, 3.63) is 22.6 Å². The van der Waals surface area contributed by atoms with Gasteiger partial charge < -0.3 is 13.9 Å². The monoisotopic (exact) mass is 296 g/mol. The van der Waals surface area contributed by atoms with Crippen molar-refractivity contribution in [1.82, 2.24) is 0 Å². The summed E-state index contributed by atoms with van der Waals surface area (Å²) in [6.45, 7) is 4.00. The van der Waals surface area contributed by atoms with Crippen LogP contribution in [0.4, 0.5) is 0 Å². The first kappa shape index (κ1) is 17.3. The number of unbranched alkanes of at least 4 members (excludes halogenated alkanes) is 2. The standard InChI is InChI=1S/C16H24O5/c1-5-6-7-8-12-11(2)15(16(18)20-4)13(21-12)9-10-14(17)19-3/h5-10H2,1-4H3. The third kappa shape index (κ3) is 4.62. The zero-order chi connectivity index (χ0) is 15.8. The molecule has 1 aromatic heterocycles. The van der Waals surface area contributed by atoms with E-state index in [1.165, 1.54) is 14.2 Å². The third-order valence-electron chi connectivity index (χ3n) is 3.50. The predicted molar refractivity (Wildman–Crippen MR) is 78.4 cm³/mol. The van der Waals surface area contributed by atoms with Crippen LogP contribution in [-0.4, -0.2) is 26.2 Å². The minimum atomic E-state index is -0.419. The molecule has 0 aliphatic heterocycles. The van der Waals surface area contributed by atoms with Crippen LogP contribution < -0.4 is 0 Å². The molecular formula is C16H24O5. The highest BCUT2D eigenvalue weighted by Crippen LogP contribution is 2.26. The molecule has 0 saturated heterocycles. The molecule has 118 valence electrons. The van der Waals surface area contributed by atoms with E-state index in [4.69, 9.17) is 9.15 Å². The maximum atomic E-state index is 11.9. The van der Waals surface area contributed by atoms with Gasteiger partial charge in [-0.2, -0.15) is 0 Å². The van der Waals surface area contributed by atoms with Crippen LogP contribution in [-0.2, 0) is 27.1 Å². The number of ether oxygens (including phenoxy) is 2. The molecule has 0 aliphatic carbocycles. The Labute approximate surface area is 125 Å². The molecule has 0 spiro atoms. The van der Waals surface area contributed by atoms with Crippen LogP contribution in [0.2, 0.25) is 0 Å². The summed E-state index contributed by atoms with van der Waals surface area (Å²) >= 11 is 0. The summed E-state index contributed by atoms with van der Waals surface area (Å²) in [5.74, 6) is 0.574. The molecule has 0 fully saturated rings. The topological polar surface area (TPSA) is 65.7 Å². The van der Waals surface area contributed by atoms with E-state index in [-0.39, 0.29) is 12.4 Å². The van der Waals surface area contributed by atoms with Crippen molar-refractivity contribution >= 4 is 11.9 Å². The molecule has 0 N–H and O–H groups in total. The Morgan fingerprint density at radius 2 is 1.76 bits per heavy atom. The van der Waals surface area contributed by atoms with Crippen molar-refractivity contribution in [3.63, 3.8) is 0 Å². The second kappa shape index (κ2) is 8.49. The molecule has 0 radical (unpaired) electrons. The highest BCUT2D eigenvalue weighted by molar-refractivity contribution is 5.92. The van der Waals surface area contributed by atoms with Gasteiger partial charge in [-0.1, -0.05) is 19.8 Å². The molecule has 1 heterocycles. The van der Waals surface area contributed by atoms with Crippen molar-refractivity contribution < 1.29 is 23.5 Å². The average molecular weight is 296 g/mol. The number of rotatable bonds is 8. The van der Waals surface area contributed by atoms with Crippen LogP contribution in [0.25, 0.3) is 0 Å². The number of esters is 2. The van der Waals surface area contributed by atoms with E-state index in [0.717, 1.165) is 37.0 Å². The Bertz CT molecular complexity index is 487. The van der Waals surface area contributed by atoms with Gasteiger partial charge in [0.05, 0.1) is 20.6 Å². The summed E-state index contributed by atoms with van der Waals surface area (Å²) in [6, 6.07) is 0. The maximum absolute atomic E-state index is 11.9. The van der Waals surface area contributed by atoms with Crippen LogP contribution >= 0.6 is 0 Å². The largest absolute Gasteiger partial charge is 0.469 e. The molecular weight excluding hydrogens is 272 g/mol. The van der Waals surface area contributed by atoms with E-state index in [1.54, 1.807) is 0 Å². The molecule has 1 aromatic rings. The Morgan fingerprint density at radius 1 is 1.05 bits per heavy atom. The van der Waals surface area contributed by atoms with Gasteiger partial charge in [0, 0.05) is 18.4 Å². The minimum absolute atomic E-state index is 0.182. The molecule has 0 saturated carbocycles. The lowest BCUT2D eigenvalue weighted by molar-refractivity contribution is -0.140. The van der Waals surface area contributed by atoms with Crippen LogP contribution in [0.15, 0.2) is 4.42 Å². The fraction of sp³-hybridized carbons (Fsp3) is 0.625. The lowest BCUT2D eigenvalue weighted by atomic mass is 10.0. The van der Waals surface area contributed by atoms with Gasteiger partial charge in [0.25, 0.3) is 0 Å². The van der Waals surface area contributed by atoms with E-state index < -0.39 is 5.97 Å². The Hall–Kier alpha value is -1.78. The Kier molecular flexibility index (Phi) is 6.99. The molecule has 0 aliphatic rings. The Morgan fingerprint density at radius 3 is 2.33 bits per heavy atom. The molecule has 5 nitrogen and oxygen atoms in total. The van der Waals surface area contributed by atoms with Gasteiger partial charge in [0.2, 0.25) is 0 Å². The van der Waals surface area contributed by atoms with Gasteiger partial charge in [0.1, 0.15) is 17.1 Å². The summed E-state index contributed by atoms with van der Waals surface area (Å²) in [5, 5.41) is 0. The quantitative estimate of drug-likeness (QED) is 0.544. The number of carbonyl (C=O) groups is 2. The van der Waals surface area contributed by atoms with E-state index in [1.807, 2.05) is 6.92 Å². The fourth-order valence-electron chi connectivity index (χ4n) is 2.26. The van der Waals surface area contributed by atoms with Gasteiger partial charge in [-0.25, -0.2) is 4.79 Å². The SMILES string of the molecule is CCCCCc1oc(CCC(=O)OC)c(C(=O)OC)c1C. The van der Waals surface area contributed by atoms with Crippen LogP contribution in [0, 0.1) is 6.92 Å². The summed E-state index contributed by atoms with van der Waals surface area (Å²) < 4.78 is 15.2. The van der Waals surface area contributed by atoms with Crippen LogP contribution in [0.1, 0.15) is 60.0 Å². The second-order valence-corrected chi connectivity index (χ2v) is 4.97. The lowest BCUT2D eigenvalue weighted by Gasteiger charge is -2.01. The highest BCUT2D eigenvalue weighted by Gasteiger charge is 2.23. The lowest BCUT2D eigenvalue weighted by Crippen LogP contribution is -2.07. The number of furan rings is 1. The van der Waals surface area contributed by atoms with Crippen molar-refractivity contribution in [1.29, 1.82) is 0 Å². The summed E-state index contributed by atoms with van der Waals surface area (Å²) in [6.07, 6.45) is 4.57. The number of hydrogen-bond donors (Lipinski definition) is 0. The molecule has 1 rings (SSSR count). The molecule has 0 atom stereocenters. The van der Waals surface area contributed by atoms with Crippen LogP contribution in [0.5, 0.6) is 0 Å². The van der Waals surface area contributed by atoms with Crippen molar-refractivity contribution in [2.24, 2.45) is 0 Å².